The van der Waals surface area contributed by atoms with Crippen LogP contribution in [0, 0.1) is 5.92 Å². The van der Waals surface area contributed by atoms with Gasteiger partial charge in [0, 0.05) is 37.1 Å². The van der Waals surface area contributed by atoms with E-state index in [1.165, 1.54) is 12.3 Å². The molecule has 7 nitrogen and oxygen atoms in total. The molecule has 0 saturated heterocycles. The quantitative estimate of drug-likeness (QED) is 0.421. The molecule has 0 aliphatic carbocycles. The summed E-state index contributed by atoms with van der Waals surface area (Å²) < 4.78 is 24.9. The third-order valence-corrected chi connectivity index (χ3v) is 12.1. The summed E-state index contributed by atoms with van der Waals surface area (Å²) in [6, 6.07) is 17.5. The van der Waals surface area contributed by atoms with E-state index in [-0.39, 0.29) is 41.6 Å². The molecule has 1 unspecified atom stereocenters. The predicted octanol–water partition coefficient (Wildman–Crippen LogP) is 4.31. The van der Waals surface area contributed by atoms with Crippen LogP contribution in [0.15, 0.2) is 65.6 Å². The molecule has 1 aliphatic rings. The SMILES string of the molecule is COc1ccc([Si](C)(C)C(CCO)[C@@H]2Oc3ccc(-n4cccc(OC)c4=O)cc3[C@H](OC)[C@H]2C)cc1. The molecule has 198 valence electrons. The first-order chi connectivity index (χ1) is 17.8. The van der Waals surface area contributed by atoms with Gasteiger partial charge in [-0.3, -0.25) is 9.36 Å². The van der Waals surface area contributed by atoms with E-state index in [1.807, 2.05) is 30.3 Å². The number of hydrogen-bond donors (Lipinski definition) is 1. The van der Waals surface area contributed by atoms with Gasteiger partial charge in [0.05, 0.1) is 28.4 Å². The fourth-order valence-corrected chi connectivity index (χ4v) is 9.16. The van der Waals surface area contributed by atoms with Crippen LogP contribution in [-0.2, 0) is 4.74 Å². The number of aliphatic hydroxyl groups is 1. The van der Waals surface area contributed by atoms with Crippen molar-refractivity contribution < 1.29 is 24.1 Å². The van der Waals surface area contributed by atoms with E-state index in [2.05, 4.69) is 32.2 Å². The summed E-state index contributed by atoms with van der Waals surface area (Å²) in [5.41, 5.74) is 1.55. The molecule has 0 amide bonds. The molecule has 4 atom stereocenters. The molecule has 1 N–H and O–H groups in total. The van der Waals surface area contributed by atoms with E-state index in [4.69, 9.17) is 18.9 Å². The Morgan fingerprint density at radius 2 is 1.78 bits per heavy atom. The average molecular weight is 524 g/mol. The Balaban J connectivity index is 1.73. The number of rotatable bonds is 9. The van der Waals surface area contributed by atoms with Gasteiger partial charge in [-0.25, -0.2) is 0 Å². The molecule has 0 bridgehead atoms. The van der Waals surface area contributed by atoms with Crippen LogP contribution in [0.5, 0.6) is 17.2 Å². The minimum atomic E-state index is -2.10. The van der Waals surface area contributed by atoms with Crippen molar-refractivity contribution in [1.82, 2.24) is 4.57 Å². The van der Waals surface area contributed by atoms with Crippen LogP contribution in [-0.4, -0.2) is 51.8 Å². The van der Waals surface area contributed by atoms with Gasteiger partial charge in [-0.2, -0.15) is 0 Å². The molecule has 1 aromatic heterocycles. The Morgan fingerprint density at radius 3 is 2.41 bits per heavy atom. The summed E-state index contributed by atoms with van der Waals surface area (Å²) in [6.45, 7) is 6.91. The maximum atomic E-state index is 12.8. The van der Waals surface area contributed by atoms with Crippen molar-refractivity contribution in [2.45, 2.75) is 44.2 Å². The van der Waals surface area contributed by atoms with Crippen molar-refractivity contribution in [2.75, 3.05) is 27.9 Å². The van der Waals surface area contributed by atoms with Gasteiger partial charge in [-0.05, 0) is 54.4 Å². The molecule has 0 saturated carbocycles. The Kier molecular flexibility index (Phi) is 8.11. The van der Waals surface area contributed by atoms with Crippen molar-refractivity contribution in [2.24, 2.45) is 5.92 Å². The third kappa shape index (κ3) is 5.06. The summed E-state index contributed by atoms with van der Waals surface area (Å²) in [5.74, 6) is 1.88. The molecule has 4 rings (SSSR count). The molecular formula is C29H37NO6Si. The van der Waals surface area contributed by atoms with Gasteiger partial charge in [0.25, 0.3) is 5.56 Å². The van der Waals surface area contributed by atoms with Gasteiger partial charge < -0.3 is 24.1 Å². The van der Waals surface area contributed by atoms with Crippen molar-refractivity contribution in [3.8, 4) is 22.9 Å². The van der Waals surface area contributed by atoms with E-state index in [1.54, 1.807) is 37.1 Å². The predicted molar refractivity (Wildman–Crippen MR) is 147 cm³/mol. The van der Waals surface area contributed by atoms with Gasteiger partial charge in [-0.15, -0.1) is 0 Å². The number of aliphatic hydroxyl groups excluding tert-OH is 1. The fraction of sp³-hybridized carbons (Fsp3) is 0.414. The highest BCUT2D eigenvalue weighted by atomic mass is 28.3. The molecule has 3 aromatic rings. The standard InChI is InChI=1S/C29H37NO6Si/c1-19-27(35-4)23-18-20(30-16-7-8-25(34-3)29(30)32)9-14-24(23)36-28(19)26(15-17-31)37(5,6)22-12-10-21(33-2)11-13-22/h7-14,16,18-19,26-28,31H,15,17H2,1-6H3/t19-,26?,27-,28-/m1/s1. The van der Waals surface area contributed by atoms with E-state index < -0.39 is 8.07 Å². The van der Waals surface area contributed by atoms with Crippen molar-refractivity contribution in [3.05, 3.63) is 76.7 Å². The topological polar surface area (TPSA) is 79.1 Å². The van der Waals surface area contributed by atoms with E-state index in [9.17, 15) is 9.90 Å². The van der Waals surface area contributed by atoms with Crippen LogP contribution in [0.3, 0.4) is 0 Å². The lowest BCUT2D eigenvalue weighted by molar-refractivity contribution is -0.0242. The molecule has 0 spiro atoms. The summed E-state index contributed by atoms with van der Waals surface area (Å²) in [4.78, 5) is 12.8. The van der Waals surface area contributed by atoms with E-state index in [0.717, 1.165) is 22.7 Å². The zero-order valence-electron chi connectivity index (χ0n) is 22.4. The summed E-state index contributed by atoms with van der Waals surface area (Å²) in [6.07, 6.45) is 2.00. The molecule has 0 fully saturated rings. The summed E-state index contributed by atoms with van der Waals surface area (Å²) in [5, 5.41) is 11.4. The van der Waals surface area contributed by atoms with Crippen LogP contribution in [0.4, 0.5) is 0 Å². The van der Waals surface area contributed by atoms with Gasteiger partial charge in [0.15, 0.2) is 5.75 Å². The first-order valence-electron chi connectivity index (χ1n) is 12.6. The number of ether oxygens (including phenoxy) is 4. The normalized spacial score (nSPS) is 20.0. The maximum absolute atomic E-state index is 12.8. The van der Waals surface area contributed by atoms with Gasteiger partial charge in [0.1, 0.15) is 17.6 Å². The number of pyridine rings is 1. The lowest BCUT2D eigenvalue weighted by atomic mass is 9.86. The minimum Gasteiger partial charge on any atom is -0.497 e. The molecule has 0 radical (unpaired) electrons. The number of methoxy groups -OCH3 is 3. The second-order valence-electron chi connectivity index (χ2n) is 10.1. The van der Waals surface area contributed by atoms with E-state index >= 15 is 0 Å². The fourth-order valence-electron chi connectivity index (χ4n) is 5.66. The van der Waals surface area contributed by atoms with Gasteiger partial charge in [-0.1, -0.05) is 37.3 Å². The Bertz CT molecular complexity index is 1270. The maximum Gasteiger partial charge on any atom is 0.297 e. The highest BCUT2D eigenvalue weighted by Crippen LogP contribution is 2.47. The summed E-state index contributed by atoms with van der Waals surface area (Å²) >= 11 is 0. The Morgan fingerprint density at radius 1 is 1.05 bits per heavy atom. The highest BCUT2D eigenvalue weighted by molar-refractivity contribution is 6.91. The molecule has 1 aliphatic heterocycles. The number of nitrogens with zero attached hydrogens (tertiary/aromatic N) is 1. The monoisotopic (exact) mass is 523 g/mol. The molecule has 37 heavy (non-hydrogen) atoms. The van der Waals surface area contributed by atoms with Crippen molar-refractivity contribution in [3.63, 3.8) is 0 Å². The molecule has 2 aromatic carbocycles. The lowest BCUT2D eigenvalue weighted by Gasteiger charge is -2.45. The van der Waals surface area contributed by atoms with Gasteiger partial charge >= 0.3 is 0 Å². The number of benzene rings is 2. The third-order valence-electron chi connectivity index (χ3n) is 7.82. The first kappa shape index (κ1) is 27.0. The zero-order valence-corrected chi connectivity index (χ0v) is 23.4. The van der Waals surface area contributed by atoms with Crippen molar-refractivity contribution >= 4 is 13.3 Å². The molecule has 2 heterocycles. The van der Waals surface area contributed by atoms with Crippen molar-refractivity contribution in [1.29, 1.82) is 0 Å². The highest BCUT2D eigenvalue weighted by Gasteiger charge is 2.46. The largest absolute Gasteiger partial charge is 0.497 e. The minimum absolute atomic E-state index is 0.0244. The first-order valence-corrected chi connectivity index (χ1v) is 15.7. The van der Waals surface area contributed by atoms with Gasteiger partial charge in [0.2, 0.25) is 0 Å². The van der Waals surface area contributed by atoms with Crippen LogP contribution >= 0.6 is 0 Å². The Labute approximate surface area is 219 Å². The smallest absolute Gasteiger partial charge is 0.297 e. The van der Waals surface area contributed by atoms with Crippen LogP contribution in [0.25, 0.3) is 5.69 Å². The second-order valence-corrected chi connectivity index (χ2v) is 14.9. The number of aromatic nitrogens is 1. The number of fused-ring (bicyclic) bond motifs is 1. The van der Waals surface area contributed by atoms with Crippen LogP contribution in [0.1, 0.15) is 25.0 Å². The summed E-state index contributed by atoms with van der Waals surface area (Å²) in [7, 11) is 2.78. The van der Waals surface area contributed by atoms with Crippen LogP contribution < -0.4 is 25.0 Å². The van der Waals surface area contributed by atoms with E-state index in [0.29, 0.717) is 6.42 Å². The van der Waals surface area contributed by atoms with Crippen LogP contribution in [0.2, 0.25) is 18.6 Å². The number of hydrogen-bond acceptors (Lipinski definition) is 6. The molecule has 8 heteroatoms. The lowest BCUT2D eigenvalue weighted by Crippen LogP contribution is -2.54. The Hall–Kier alpha value is -3.07. The average Bonchev–Trinajstić information content (AvgIpc) is 2.91. The second kappa shape index (κ2) is 11.1. The zero-order chi connectivity index (χ0) is 26.7. The molecular weight excluding hydrogens is 486 g/mol.